The highest BCUT2D eigenvalue weighted by Gasteiger charge is 2.15. The predicted octanol–water partition coefficient (Wildman–Crippen LogP) is 0.879. The molecule has 0 fully saturated rings. The average Bonchev–Trinajstić information content (AvgIpc) is 2.72. The normalized spacial score (nSPS) is 12.6. The molecule has 0 spiro atoms. The van der Waals surface area contributed by atoms with E-state index in [1.165, 1.54) is 0 Å². The van der Waals surface area contributed by atoms with Gasteiger partial charge in [0.2, 0.25) is 5.91 Å². The molecule has 0 aliphatic heterocycles. The standard InChI is InChI=1S/C13H17N3O2/c1-2-15-13(18)11(14)5-8-7-16-12-4-3-9(17)6-10(8)12/h3-4,6-7,11,16-17H,2,5,14H2,1H3,(H,15,18)/t11-/m0/s1. The molecule has 0 saturated heterocycles. The predicted molar refractivity (Wildman–Crippen MR) is 70.3 cm³/mol. The Morgan fingerprint density at radius 3 is 3.06 bits per heavy atom. The number of rotatable bonds is 4. The van der Waals surface area contributed by atoms with Gasteiger partial charge < -0.3 is 21.1 Å². The van der Waals surface area contributed by atoms with E-state index in [0.29, 0.717) is 13.0 Å². The molecule has 96 valence electrons. The number of hydrogen-bond donors (Lipinski definition) is 4. The molecule has 1 atom stereocenters. The number of aromatic amines is 1. The van der Waals surface area contributed by atoms with Crippen molar-refractivity contribution in [2.75, 3.05) is 6.54 Å². The highest BCUT2D eigenvalue weighted by Crippen LogP contribution is 2.23. The van der Waals surface area contributed by atoms with E-state index < -0.39 is 6.04 Å². The minimum atomic E-state index is -0.578. The number of amides is 1. The van der Waals surface area contributed by atoms with Crippen molar-refractivity contribution in [2.45, 2.75) is 19.4 Å². The van der Waals surface area contributed by atoms with E-state index in [1.807, 2.05) is 13.1 Å². The van der Waals surface area contributed by atoms with Gasteiger partial charge in [0.25, 0.3) is 0 Å². The maximum Gasteiger partial charge on any atom is 0.237 e. The van der Waals surface area contributed by atoms with Crippen molar-refractivity contribution in [3.05, 3.63) is 30.0 Å². The van der Waals surface area contributed by atoms with E-state index in [9.17, 15) is 9.90 Å². The first-order valence-corrected chi connectivity index (χ1v) is 5.94. The number of H-pyrrole nitrogens is 1. The molecule has 5 nitrogen and oxygen atoms in total. The van der Waals surface area contributed by atoms with Crippen molar-refractivity contribution in [3.8, 4) is 5.75 Å². The summed E-state index contributed by atoms with van der Waals surface area (Å²) in [7, 11) is 0. The molecule has 0 aliphatic rings. The van der Waals surface area contributed by atoms with Crippen LogP contribution in [0, 0.1) is 0 Å². The Morgan fingerprint density at radius 1 is 1.56 bits per heavy atom. The first-order chi connectivity index (χ1) is 8.61. The van der Waals surface area contributed by atoms with Crippen LogP contribution in [0.25, 0.3) is 10.9 Å². The summed E-state index contributed by atoms with van der Waals surface area (Å²) >= 11 is 0. The number of carbonyl (C=O) groups is 1. The lowest BCUT2D eigenvalue weighted by Gasteiger charge is -2.10. The third-order valence-electron chi connectivity index (χ3n) is 2.88. The zero-order chi connectivity index (χ0) is 13.1. The van der Waals surface area contributed by atoms with E-state index in [1.54, 1.807) is 18.2 Å². The average molecular weight is 247 g/mol. The summed E-state index contributed by atoms with van der Waals surface area (Å²) in [5, 5.41) is 13.1. The van der Waals surface area contributed by atoms with Crippen molar-refractivity contribution < 1.29 is 9.90 Å². The highest BCUT2D eigenvalue weighted by atomic mass is 16.3. The smallest absolute Gasteiger partial charge is 0.237 e. The molecule has 0 bridgehead atoms. The van der Waals surface area contributed by atoms with Gasteiger partial charge in [0, 0.05) is 23.6 Å². The topological polar surface area (TPSA) is 91.1 Å². The van der Waals surface area contributed by atoms with Crippen LogP contribution < -0.4 is 11.1 Å². The zero-order valence-corrected chi connectivity index (χ0v) is 10.2. The first-order valence-electron chi connectivity index (χ1n) is 5.94. The largest absolute Gasteiger partial charge is 0.508 e. The Kier molecular flexibility index (Phi) is 3.53. The van der Waals surface area contributed by atoms with Gasteiger partial charge >= 0.3 is 0 Å². The number of phenolic OH excluding ortho intramolecular Hbond substituents is 1. The van der Waals surface area contributed by atoms with Crippen LogP contribution in [-0.2, 0) is 11.2 Å². The highest BCUT2D eigenvalue weighted by molar-refractivity contribution is 5.86. The van der Waals surface area contributed by atoms with Gasteiger partial charge in [0.05, 0.1) is 6.04 Å². The summed E-state index contributed by atoms with van der Waals surface area (Å²) in [5.41, 5.74) is 7.69. The van der Waals surface area contributed by atoms with Gasteiger partial charge in [-0.05, 0) is 37.1 Å². The minimum absolute atomic E-state index is 0.160. The fourth-order valence-electron chi connectivity index (χ4n) is 1.97. The molecule has 1 heterocycles. The number of hydrogen-bond acceptors (Lipinski definition) is 3. The molecule has 0 unspecified atom stereocenters. The Morgan fingerprint density at radius 2 is 2.33 bits per heavy atom. The van der Waals surface area contributed by atoms with Gasteiger partial charge in [-0.2, -0.15) is 0 Å². The van der Waals surface area contributed by atoms with Crippen molar-refractivity contribution in [1.82, 2.24) is 10.3 Å². The number of likely N-dealkylation sites (N-methyl/N-ethyl adjacent to an activating group) is 1. The number of carbonyl (C=O) groups excluding carboxylic acids is 1. The molecule has 2 aromatic rings. The number of nitrogens with two attached hydrogens (primary N) is 1. The van der Waals surface area contributed by atoms with Gasteiger partial charge in [0.1, 0.15) is 5.75 Å². The molecule has 2 rings (SSSR count). The quantitative estimate of drug-likeness (QED) is 0.646. The summed E-state index contributed by atoms with van der Waals surface area (Å²) in [6.45, 7) is 2.43. The molecule has 1 aromatic heterocycles. The lowest BCUT2D eigenvalue weighted by atomic mass is 10.0. The molecule has 0 saturated carbocycles. The molecule has 5 N–H and O–H groups in total. The summed E-state index contributed by atoms with van der Waals surface area (Å²) < 4.78 is 0. The Bertz CT molecular complexity index is 562. The van der Waals surface area contributed by atoms with Crippen molar-refractivity contribution >= 4 is 16.8 Å². The molecule has 1 aromatic carbocycles. The van der Waals surface area contributed by atoms with Crippen LogP contribution >= 0.6 is 0 Å². The van der Waals surface area contributed by atoms with Crippen LogP contribution in [0.4, 0.5) is 0 Å². The minimum Gasteiger partial charge on any atom is -0.508 e. The molecule has 5 heteroatoms. The summed E-state index contributed by atoms with van der Waals surface area (Å²) in [4.78, 5) is 14.7. The van der Waals surface area contributed by atoms with Gasteiger partial charge in [-0.15, -0.1) is 0 Å². The zero-order valence-electron chi connectivity index (χ0n) is 10.2. The fourth-order valence-corrected chi connectivity index (χ4v) is 1.97. The Labute approximate surface area is 105 Å². The fraction of sp³-hybridized carbons (Fsp3) is 0.308. The third kappa shape index (κ3) is 2.46. The van der Waals surface area contributed by atoms with E-state index >= 15 is 0 Å². The van der Waals surface area contributed by atoms with Crippen LogP contribution in [0.3, 0.4) is 0 Å². The summed E-state index contributed by atoms with van der Waals surface area (Å²) in [6.07, 6.45) is 2.26. The van der Waals surface area contributed by atoms with E-state index in [-0.39, 0.29) is 11.7 Å². The van der Waals surface area contributed by atoms with Crippen molar-refractivity contribution in [2.24, 2.45) is 5.73 Å². The van der Waals surface area contributed by atoms with Crippen molar-refractivity contribution in [1.29, 1.82) is 0 Å². The van der Waals surface area contributed by atoms with Crippen LogP contribution in [-0.4, -0.2) is 28.6 Å². The summed E-state index contributed by atoms with van der Waals surface area (Å²) in [5.74, 6) is 0.0435. The molecule has 18 heavy (non-hydrogen) atoms. The number of fused-ring (bicyclic) bond motifs is 1. The van der Waals surface area contributed by atoms with Crippen LogP contribution in [0.2, 0.25) is 0 Å². The second-order valence-corrected chi connectivity index (χ2v) is 4.25. The molecular weight excluding hydrogens is 230 g/mol. The molecule has 0 radical (unpaired) electrons. The van der Waals surface area contributed by atoms with Crippen LogP contribution in [0.15, 0.2) is 24.4 Å². The number of aromatic nitrogens is 1. The van der Waals surface area contributed by atoms with Gasteiger partial charge in [-0.25, -0.2) is 0 Å². The lowest BCUT2D eigenvalue weighted by molar-refractivity contribution is -0.122. The van der Waals surface area contributed by atoms with E-state index in [4.69, 9.17) is 5.73 Å². The Balaban J connectivity index is 2.21. The van der Waals surface area contributed by atoms with E-state index in [0.717, 1.165) is 16.5 Å². The van der Waals surface area contributed by atoms with Gasteiger partial charge in [-0.1, -0.05) is 0 Å². The van der Waals surface area contributed by atoms with Crippen molar-refractivity contribution in [3.63, 3.8) is 0 Å². The second kappa shape index (κ2) is 5.10. The van der Waals surface area contributed by atoms with Gasteiger partial charge in [-0.3, -0.25) is 4.79 Å². The van der Waals surface area contributed by atoms with Gasteiger partial charge in [0.15, 0.2) is 0 Å². The first kappa shape index (κ1) is 12.4. The Hall–Kier alpha value is -2.01. The van der Waals surface area contributed by atoms with Crippen LogP contribution in [0.1, 0.15) is 12.5 Å². The maximum atomic E-state index is 11.6. The third-order valence-corrected chi connectivity index (χ3v) is 2.88. The van der Waals surface area contributed by atoms with E-state index in [2.05, 4.69) is 10.3 Å². The monoisotopic (exact) mass is 247 g/mol. The molecule has 1 amide bonds. The maximum absolute atomic E-state index is 11.6. The number of benzene rings is 1. The van der Waals surface area contributed by atoms with Crippen LogP contribution in [0.5, 0.6) is 5.75 Å². The summed E-state index contributed by atoms with van der Waals surface area (Å²) in [6, 6.07) is 4.51. The lowest BCUT2D eigenvalue weighted by Crippen LogP contribution is -2.41. The molecular formula is C13H17N3O2. The second-order valence-electron chi connectivity index (χ2n) is 4.25. The SMILES string of the molecule is CCNC(=O)[C@@H](N)Cc1c[nH]c2ccc(O)cc12. The number of nitrogens with one attached hydrogen (secondary N) is 2. The number of aromatic hydroxyl groups is 1. The number of phenols is 1. The molecule has 0 aliphatic carbocycles.